The second-order valence-corrected chi connectivity index (χ2v) is 10.3. The molecular formula is C26H31ClN4O2. The van der Waals surface area contributed by atoms with Crippen molar-refractivity contribution in [2.75, 3.05) is 18.4 Å². The van der Waals surface area contributed by atoms with E-state index in [1.807, 2.05) is 31.2 Å². The van der Waals surface area contributed by atoms with Gasteiger partial charge in [0.15, 0.2) is 0 Å². The number of hydrogen-bond acceptors (Lipinski definition) is 5. The van der Waals surface area contributed by atoms with Crippen molar-refractivity contribution in [3.8, 4) is 11.4 Å². The van der Waals surface area contributed by atoms with Crippen molar-refractivity contribution in [1.29, 1.82) is 0 Å². The van der Waals surface area contributed by atoms with Crippen LogP contribution in [0.25, 0.3) is 11.4 Å². The first-order valence-electron chi connectivity index (χ1n) is 11.4. The Balaban J connectivity index is 1.30. The van der Waals surface area contributed by atoms with E-state index in [0.29, 0.717) is 23.3 Å². The fourth-order valence-corrected chi connectivity index (χ4v) is 4.24. The van der Waals surface area contributed by atoms with Crippen LogP contribution in [0.4, 0.5) is 5.69 Å². The molecule has 2 aromatic carbocycles. The van der Waals surface area contributed by atoms with Crippen LogP contribution in [0.5, 0.6) is 0 Å². The molecule has 7 heteroatoms. The summed E-state index contributed by atoms with van der Waals surface area (Å²) in [6, 6.07) is 13.9. The summed E-state index contributed by atoms with van der Waals surface area (Å²) >= 11 is 6.07. The van der Waals surface area contributed by atoms with Gasteiger partial charge in [0.1, 0.15) is 0 Å². The first kappa shape index (κ1) is 23.5. The Kier molecular flexibility index (Phi) is 6.86. The number of rotatable bonds is 5. The van der Waals surface area contributed by atoms with E-state index < -0.39 is 0 Å². The van der Waals surface area contributed by atoms with Gasteiger partial charge in [-0.1, -0.05) is 67.9 Å². The Morgan fingerprint density at radius 2 is 1.85 bits per heavy atom. The van der Waals surface area contributed by atoms with Crippen LogP contribution in [-0.2, 0) is 16.8 Å². The minimum atomic E-state index is -0.0146. The zero-order chi connectivity index (χ0) is 23.6. The lowest BCUT2D eigenvalue weighted by Crippen LogP contribution is -2.37. The Morgan fingerprint density at radius 1 is 1.15 bits per heavy atom. The van der Waals surface area contributed by atoms with Gasteiger partial charge in [0.25, 0.3) is 0 Å². The molecule has 0 spiro atoms. The summed E-state index contributed by atoms with van der Waals surface area (Å²) in [7, 11) is 0. The maximum absolute atomic E-state index is 12.7. The summed E-state index contributed by atoms with van der Waals surface area (Å²) in [5, 5.41) is 7.82. The fraction of sp³-hybridized carbons (Fsp3) is 0.423. The number of amides is 1. The monoisotopic (exact) mass is 466 g/mol. The number of aromatic nitrogens is 2. The van der Waals surface area contributed by atoms with Gasteiger partial charge in [-0.05, 0) is 61.5 Å². The second kappa shape index (κ2) is 9.65. The van der Waals surface area contributed by atoms with E-state index in [2.05, 4.69) is 53.3 Å². The smallest absolute Gasteiger partial charge is 0.241 e. The van der Waals surface area contributed by atoms with Gasteiger partial charge in [-0.2, -0.15) is 4.98 Å². The van der Waals surface area contributed by atoms with Gasteiger partial charge in [0, 0.05) is 22.2 Å². The number of hydrogen-bond donors (Lipinski definition) is 1. The van der Waals surface area contributed by atoms with Crippen LogP contribution < -0.4 is 5.32 Å². The molecule has 0 radical (unpaired) electrons. The molecule has 1 aliphatic heterocycles. The highest BCUT2D eigenvalue weighted by Crippen LogP contribution is 2.26. The molecule has 1 saturated heterocycles. The molecule has 33 heavy (non-hydrogen) atoms. The predicted molar refractivity (Wildman–Crippen MR) is 131 cm³/mol. The van der Waals surface area contributed by atoms with Crippen LogP contribution in [0.3, 0.4) is 0 Å². The van der Waals surface area contributed by atoms with E-state index in [4.69, 9.17) is 16.1 Å². The Hall–Kier alpha value is -2.70. The van der Waals surface area contributed by atoms with E-state index in [1.54, 1.807) is 6.07 Å². The van der Waals surface area contributed by atoms with E-state index in [9.17, 15) is 4.79 Å². The third-order valence-electron chi connectivity index (χ3n) is 6.25. The Morgan fingerprint density at radius 3 is 2.52 bits per heavy atom. The third-order valence-corrected chi connectivity index (χ3v) is 6.49. The molecule has 0 bridgehead atoms. The van der Waals surface area contributed by atoms with E-state index in [1.165, 1.54) is 5.56 Å². The first-order chi connectivity index (χ1) is 15.7. The highest BCUT2D eigenvalue weighted by atomic mass is 35.5. The zero-order valence-corrected chi connectivity index (χ0v) is 20.4. The lowest BCUT2D eigenvalue weighted by molar-refractivity contribution is -0.121. The van der Waals surface area contributed by atoms with Crippen molar-refractivity contribution in [2.24, 2.45) is 5.92 Å². The molecule has 0 saturated carbocycles. The number of nitrogens with one attached hydrogen (secondary N) is 1. The number of piperidine rings is 1. The van der Waals surface area contributed by atoms with Crippen molar-refractivity contribution in [1.82, 2.24) is 15.0 Å². The number of carbonyl (C=O) groups is 1. The molecule has 6 nitrogen and oxygen atoms in total. The largest absolute Gasteiger partial charge is 0.338 e. The van der Waals surface area contributed by atoms with E-state index in [0.717, 1.165) is 42.7 Å². The second-order valence-electron chi connectivity index (χ2n) is 9.84. The van der Waals surface area contributed by atoms with Crippen LogP contribution >= 0.6 is 11.6 Å². The van der Waals surface area contributed by atoms with Gasteiger partial charge >= 0.3 is 0 Å². The molecule has 1 amide bonds. The summed E-state index contributed by atoms with van der Waals surface area (Å²) in [6.45, 7) is 10.8. The molecule has 1 fully saturated rings. The highest BCUT2D eigenvalue weighted by molar-refractivity contribution is 6.31. The lowest BCUT2D eigenvalue weighted by Gasteiger charge is -2.30. The number of likely N-dealkylation sites (tertiary alicyclic amines) is 1. The van der Waals surface area contributed by atoms with Crippen molar-refractivity contribution in [3.63, 3.8) is 0 Å². The number of aryl methyl sites for hydroxylation is 1. The molecule has 1 N–H and O–H groups in total. The maximum atomic E-state index is 12.7. The molecule has 0 aliphatic carbocycles. The maximum Gasteiger partial charge on any atom is 0.241 e. The number of anilines is 1. The fourth-order valence-electron chi connectivity index (χ4n) is 4.06. The standard InChI is InChI=1S/C26H31ClN4O2/c1-17-5-10-21(27)15-22(17)28-25(32)19-11-13-31(14-12-19)16-23-29-24(30-33-23)18-6-8-20(9-7-18)26(2,3)4/h5-10,15,19H,11-14,16H2,1-4H3,(H,28,32). The number of carbonyl (C=O) groups excluding carboxylic acids is 1. The van der Waals surface area contributed by atoms with Crippen molar-refractivity contribution in [3.05, 3.63) is 64.5 Å². The van der Waals surface area contributed by atoms with Crippen LogP contribution in [-0.4, -0.2) is 34.0 Å². The quantitative estimate of drug-likeness (QED) is 0.511. The van der Waals surface area contributed by atoms with Gasteiger partial charge < -0.3 is 9.84 Å². The summed E-state index contributed by atoms with van der Waals surface area (Å²) in [5.41, 5.74) is 4.11. The summed E-state index contributed by atoms with van der Waals surface area (Å²) in [6.07, 6.45) is 1.58. The van der Waals surface area contributed by atoms with Crippen LogP contribution in [0.2, 0.25) is 5.02 Å². The molecule has 1 aliphatic rings. The minimum absolute atomic E-state index is 0.0146. The molecule has 4 rings (SSSR count). The van der Waals surface area contributed by atoms with Gasteiger partial charge in [0.05, 0.1) is 6.54 Å². The minimum Gasteiger partial charge on any atom is -0.338 e. The first-order valence-corrected chi connectivity index (χ1v) is 11.8. The van der Waals surface area contributed by atoms with Gasteiger partial charge in [0.2, 0.25) is 17.6 Å². The van der Waals surface area contributed by atoms with Crippen molar-refractivity contribution >= 4 is 23.2 Å². The lowest BCUT2D eigenvalue weighted by atomic mass is 9.87. The molecule has 1 aromatic heterocycles. The van der Waals surface area contributed by atoms with E-state index >= 15 is 0 Å². The van der Waals surface area contributed by atoms with Crippen LogP contribution in [0.15, 0.2) is 47.0 Å². The third kappa shape index (κ3) is 5.81. The van der Waals surface area contributed by atoms with Crippen molar-refractivity contribution < 1.29 is 9.32 Å². The number of halogens is 1. The van der Waals surface area contributed by atoms with Gasteiger partial charge in [-0.15, -0.1) is 0 Å². The Labute approximate surface area is 200 Å². The molecular weight excluding hydrogens is 436 g/mol. The molecule has 2 heterocycles. The summed E-state index contributed by atoms with van der Waals surface area (Å²) in [4.78, 5) is 19.6. The number of nitrogens with zero attached hydrogens (tertiary/aromatic N) is 3. The topological polar surface area (TPSA) is 71.3 Å². The van der Waals surface area contributed by atoms with Crippen molar-refractivity contribution in [2.45, 2.75) is 52.5 Å². The average molecular weight is 467 g/mol. The van der Waals surface area contributed by atoms with Crippen LogP contribution in [0.1, 0.15) is 50.6 Å². The van der Waals surface area contributed by atoms with E-state index in [-0.39, 0.29) is 17.2 Å². The molecule has 174 valence electrons. The zero-order valence-electron chi connectivity index (χ0n) is 19.7. The van der Waals surface area contributed by atoms with Gasteiger partial charge in [-0.25, -0.2) is 0 Å². The molecule has 0 atom stereocenters. The predicted octanol–water partition coefficient (Wildman–Crippen LogP) is 5.85. The molecule has 3 aromatic rings. The summed E-state index contributed by atoms with van der Waals surface area (Å²) < 4.78 is 5.50. The SMILES string of the molecule is Cc1ccc(Cl)cc1NC(=O)C1CCN(Cc2nc(-c3ccc(C(C)(C)C)cc3)no2)CC1. The normalized spacial score (nSPS) is 15.5. The molecule has 0 unspecified atom stereocenters. The average Bonchev–Trinajstić information content (AvgIpc) is 3.25. The van der Waals surface area contributed by atoms with Gasteiger partial charge in [-0.3, -0.25) is 9.69 Å². The summed E-state index contributed by atoms with van der Waals surface area (Å²) in [5.74, 6) is 1.25. The highest BCUT2D eigenvalue weighted by Gasteiger charge is 2.26. The van der Waals surface area contributed by atoms with Crippen LogP contribution in [0, 0.1) is 12.8 Å². The number of benzene rings is 2. The Bertz CT molecular complexity index is 1110.